The highest BCUT2D eigenvalue weighted by Gasteiger charge is 2.41. The first-order chi connectivity index (χ1) is 12.9. The second-order valence-electron chi connectivity index (χ2n) is 8.36. The van der Waals surface area contributed by atoms with Gasteiger partial charge in [-0.25, -0.2) is 4.39 Å². The fraction of sp³-hybridized carbons (Fsp3) is 0.435. The van der Waals surface area contributed by atoms with Gasteiger partial charge in [0.05, 0.1) is 5.60 Å². The number of carbonyl (C=O) groups excluding carboxylic acids is 1. The van der Waals surface area contributed by atoms with Crippen LogP contribution in [0.3, 0.4) is 0 Å². The van der Waals surface area contributed by atoms with Crippen molar-refractivity contribution in [1.82, 2.24) is 4.90 Å². The topological polar surface area (TPSA) is 40.5 Å². The number of aryl methyl sites for hydroxylation is 1. The number of benzene rings is 2. The van der Waals surface area contributed by atoms with Crippen LogP contribution in [0.4, 0.5) is 4.39 Å². The van der Waals surface area contributed by atoms with Crippen LogP contribution in [0.15, 0.2) is 48.5 Å². The highest BCUT2D eigenvalue weighted by Crippen LogP contribution is 2.38. The summed E-state index contributed by atoms with van der Waals surface area (Å²) in [6.07, 6.45) is 2.99. The van der Waals surface area contributed by atoms with E-state index in [0.29, 0.717) is 12.8 Å². The molecule has 2 aliphatic rings. The minimum atomic E-state index is -0.908. The number of Topliss-reactive ketones (excluding diaryl/α,β-unsaturated/α-hetero) is 1. The SMILES string of the molecule is CC1(CN2CCC(O)(c3ccc(F)cc3)CC2)CCc2ccccc2C1=O. The van der Waals surface area contributed by atoms with Crippen molar-refractivity contribution in [2.75, 3.05) is 19.6 Å². The number of ketones is 1. The van der Waals surface area contributed by atoms with Crippen LogP contribution in [0.1, 0.15) is 47.7 Å². The molecule has 3 nitrogen and oxygen atoms in total. The Morgan fingerprint density at radius 1 is 1.04 bits per heavy atom. The second kappa shape index (κ2) is 6.84. The van der Waals surface area contributed by atoms with E-state index in [0.717, 1.165) is 49.2 Å². The Balaban J connectivity index is 1.43. The highest BCUT2D eigenvalue weighted by atomic mass is 19.1. The molecule has 0 amide bonds. The van der Waals surface area contributed by atoms with Crippen LogP contribution in [0, 0.1) is 11.2 Å². The maximum absolute atomic E-state index is 13.2. The van der Waals surface area contributed by atoms with Gasteiger partial charge in [0, 0.05) is 30.6 Å². The predicted molar refractivity (Wildman–Crippen MR) is 103 cm³/mol. The molecule has 1 atom stereocenters. The number of halogens is 1. The van der Waals surface area contributed by atoms with Gasteiger partial charge in [-0.15, -0.1) is 0 Å². The molecule has 0 saturated carbocycles. The number of piperidine rings is 1. The molecule has 2 aromatic rings. The molecule has 1 aliphatic carbocycles. The molecule has 4 heteroatoms. The molecule has 0 spiro atoms. The summed E-state index contributed by atoms with van der Waals surface area (Å²) in [7, 11) is 0. The van der Waals surface area contributed by atoms with E-state index < -0.39 is 5.60 Å². The van der Waals surface area contributed by atoms with Gasteiger partial charge < -0.3 is 10.0 Å². The minimum Gasteiger partial charge on any atom is -0.385 e. The van der Waals surface area contributed by atoms with Crippen LogP contribution < -0.4 is 0 Å². The summed E-state index contributed by atoms with van der Waals surface area (Å²) in [5.74, 6) is -0.0486. The number of rotatable bonds is 3. The average Bonchev–Trinajstić information content (AvgIpc) is 2.68. The largest absolute Gasteiger partial charge is 0.385 e. The summed E-state index contributed by atoms with van der Waals surface area (Å²) in [5.41, 5.74) is 1.52. The van der Waals surface area contributed by atoms with Crippen molar-refractivity contribution in [1.29, 1.82) is 0 Å². The molecule has 2 aromatic carbocycles. The van der Waals surface area contributed by atoms with Crippen LogP contribution >= 0.6 is 0 Å². The van der Waals surface area contributed by atoms with Gasteiger partial charge in [-0.3, -0.25) is 4.79 Å². The molecule has 1 heterocycles. The van der Waals surface area contributed by atoms with Crippen molar-refractivity contribution in [2.45, 2.75) is 38.2 Å². The van der Waals surface area contributed by atoms with Crippen molar-refractivity contribution in [3.05, 3.63) is 71.0 Å². The molecule has 142 valence electrons. The summed E-state index contributed by atoms with van der Waals surface area (Å²) in [4.78, 5) is 15.4. The van der Waals surface area contributed by atoms with Crippen LogP contribution in [0.25, 0.3) is 0 Å². The molecule has 1 N–H and O–H groups in total. The van der Waals surface area contributed by atoms with Crippen LogP contribution in [0.5, 0.6) is 0 Å². The lowest BCUT2D eigenvalue weighted by molar-refractivity contribution is -0.0326. The first-order valence-electron chi connectivity index (χ1n) is 9.73. The molecular formula is C23H26FNO2. The first-order valence-corrected chi connectivity index (χ1v) is 9.73. The molecule has 1 aliphatic heterocycles. The minimum absolute atomic E-state index is 0.240. The van der Waals surface area contributed by atoms with Gasteiger partial charge in [0.25, 0.3) is 0 Å². The number of carbonyl (C=O) groups is 1. The molecule has 0 aromatic heterocycles. The standard InChI is InChI=1S/C23H26FNO2/c1-22(11-10-17-4-2-3-5-20(17)21(22)26)16-25-14-12-23(27,13-15-25)18-6-8-19(24)9-7-18/h2-9,27H,10-16H2,1H3. The first kappa shape index (κ1) is 18.3. The fourth-order valence-electron chi connectivity index (χ4n) is 4.58. The normalized spacial score (nSPS) is 25.2. The Labute approximate surface area is 159 Å². The van der Waals surface area contributed by atoms with Gasteiger partial charge >= 0.3 is 0 Å². The summed E-state index contributed by atoms with van der Waals surface area (Å²) in [6, 6.07) is 14.1. The predicted octanol–water partition coefficient (Wildman–Crippen LogP) is 3.94. The van der Waals surface area contributed by atoms with E-state index in [1.54, 1.807) is 12.1 Å². The van der Waals surface area contributed by atoms with E-state index in [2.05, 4.69) is 17.9 Å². The molecular weight excluding hydrogens is 341 g/mol. The van der Waals surface area contributed by atoms with Crippen molar-refractivity contribution >= 4 is 5.78 Å². The monoisotopic (exact) mass is 367 g/mol. The zero-order valence-corrected chi connectivity index (χ0v) is 15.7. The maximum atomic E-state index is 13.2. The highest BCUT2D eigenvalue weighted by molar-refractivity contribution is 6.02. The zero-order chi connectivity index (χ0) is 19.1. The zero-order valence-electron chi connectivity index (χ0n) is 15.7. The van der Waals surface area contributed by atoms with Crippen LogP contribution in [0.2, 0.25) is 0 Å². The number of hydrogen-bond donors (Lipinski definition) is 1. The van der Waals surface area contributed by atoms with Gasteiger partial charge in [-0.1, -0.05) is 43.3 Å². The third-order valence-corrected chi connectivity index (χ3v) is 6.39. The van der Waals surface area contributed by atoms with Gasteiger partial charge in [-0.05, 0) is 48.9 Å². The van der Waals surface area contributed by atoms with Crippen molar-refractivity contribution in [2.24, 2.45) is 5.41 Å². The van der Waals surface area contributed by atoms with E-state index in [1.165, 1.54) is 12.1 Å². The van der Waals surface area contributed by atoms with Crippen LogP contribution in [-0.4, -0.2) is 35.4 Å². The maximum Gasteiger partial charge on any atom is 0.170 e. The Hall–Kier alpha value is -2.04. The lowest BCUT2D eigenvalue weighted by Gasteiger charge is -2.43. The molecule has 1 saturated heterocycles. The summed E-state index contributed by atoms with van der Waals surface area (Å²) in [6.45, 7) is 4.27. The Bertz CT molecular complexity index is 840. The molecule has 27 heavy (non-hydrogen) atoms. The van der Waals surface area contributed by atoms with Crippen molar-refractivity contribution < 1.29 is 14.3 Å². The van der Waals surface area contributed by atoms with E-state index in [1.807, 2.05) is 18.2 Å². The number of nitrogens with zero attached hydrogens (tertiary/aromatic N) is 1. The lowest BCUT2D eigenvalue weighted by Crippen LogP contribution is -2.49. The third-order valence-electron chi connectivity index (χ3n) is 6.39. The van der Waals surface area contributed by atoms with Gasteiger partial charge in [0.1, 0.15) is 5.82 Å². The number of hydrogen-bond acceptors (Lipinski definition) is 3. The van der Waals surface area contributed by atoms with E-state index in [-0.39, 0.29) is 17.0 Å². The number of aliphatic hydroxyl groups is 1. The molecule has 1 unspecified atom stereocenters. The Kier molecular flexibility index (Phi) is 4.65. The third kappa shape index (κ3) is 3.44. The molecule has 0 radical (unpaired) electrons. The number of likely N-dealkylation sites (tertiary alicyclic amines) is 1. The lowest BCUT2D eigenvalue weighted by atomic mass is 9.71. The van der Waals surface area contributed by atoms with E-state index in [4.69, 9.17) is 0 Å². The molecule has 0 bridgehead atoms. The smallest absolute Gasteiger partial charge is 0.170 e. The summed E-state index contributed by atoms with van der Waals surface area (Å²) in [5, 5.41) is 11.0. The van der Waals surface area contributed by atoms with Gasteiger partial charge in [0.2, 0.25) is 0 Å². The fourth-order valence-corrected chi connectivity index (χ4v) is 4.58. The summed E-state index contributed by atoms with van der Waals surface area (Å²) < 4.78 is 13.2. The Morgan fingerprint density at radius 2 is 1.70 bits per heavy atom. The van der Waals surface area contributed by atoms with Crippen molar-refractivity contribution in [3.8, 4) is 0 Å². The molecule has 1 fully saturated rings. The van der Waals surface area contributed by atoms with E-state index >= 15 is 0 Å². The Morgan fingerprint density at radius 3 is 2.41 bits per heavy atom. The average molecular weight is 367 g/mol. The molecule has 4 rings (SSSR count). The second-order valence-corrected chi connectivity index (χ2v) is 8.36. The van der Waals surface area contributed by atoms with E-state index in [9.17, 15) is 14.3 Å². The van der Waals surface area contributed by atoms with Gasteiger partial charge in [0.15, 0.2) is 5.78 Å². The summed E-state index contributed by atoms with van der Waals surface area (Å²) >= 11 is 0. The van der Waals surface area contributed by atoms with Gasteiger partial charge in [-0.2, -0.15) is 0 Å². The van der Waals surface area contributed by atoms with Crippen molar-refractivity contribution in [3.63, 3.8) is 0 Å². The van der Waals surface area contributed by atoms with Crippen LogP contribution in [-0.2, 0) is 12.0 Å². The number of fused-ring (bicyclic) bond motifs is 1. The quantitative estimate of drug-likeness (QED) is 0.893.